The molecule has 0 aliphatic rings. The fourth-order valence-electron chi connectivity index (χ4n) is 8.56. The number of hydrogen-bond acceptors (Lipinski definition) is 8. The highest BCUT2D eigenvalue weighted by Gasteiger charge is 2.22. The first-order valence-electron chi connectivity index (χ1n) is 31.4. The molecule has 0 aromatic heterocycles. The van der Waals surface area contributed by atoms with Crippen molar-refractivity contribution < 1.29 is 42.1 Å². The van der Waals surface area contributed by atoms with Gasteiger partial charge in [-0.3, -0.25) is 14.2 Å². The highest BCUT2D eigenvalue weighted by molar-refractivity contribution is 7.45. The van der Waals surface area contributed by atoms with Gasteiger partial charge in [0.05, 0.1) is 27.7 Å². The van der Waals surface area contributed by atoms with Crippen molar-refractivity contribution in [3.8, 4) is 0 Å². The lowest BCUT2D eigenvalue weighted by Crippen LogP contribution is -2.37. The van der Waals surface area contributed by atoms with E-state index in [-0.39, 0.29) is 32.0 Å². The van der Waals surface area contributed by atoms with E-state index >= 15 is 0 Å². The third kappa shape index (κ3) is 62.0. The molecule has 0 heterocycles. The summed E-state index contributed by atoms with van der Waals surface area (Å²) in [5, 5.41) is 0. The van der Waals surface area contributed by atoms with Gasteiger partial charge in [-0.25, -0.2) is 0 Å². The van der Waals surface area contributed by atoms with Crippen molar-refractivity contribution in [2.75, 3.05) is 47.5 Å². The Morgan fingerprint density at radius 1 is 0.416 bits per heavy atom. The van der Waals surface area contributed by atoms with Crippen LogP contribution in [0, 0.1) is 0 Å². The van der Waals surface area contributed by atoms with Gasteiger partial charge in [-0.1, -0.05) is 272 Å². The van der Waals surface area contributed by atoms with Crippen LogP contribution < -0.4 is 4.89 Å². The second-order valence-electron chi connectivity index (χ2n) is 22.0. The van der Waals surface area contributed by atoms with Gasteiger partial charge in [0.15, 0.2) is 6.10 Å². The first-order valence-corrected chi connectivity index (χ1v) is 32.9. The van der Waals surface area contributed by atoms with Crippen molar-refractivity contribution in [3.05, 3.63) is 97.2 Å². The third-order valence-corrected chi connectivity index (χ3v) is 14.3. The first-order chi connectivity index (χ1) is 37.5. The molecule has 0 saturated heterocycles. The minimum atomic E-state index is -4.64. The van der Waals surface area contributed by atoms with Crippen LogP contribution >= 0.6 is 7.82 Å². The Kier molecular flexibility index (Phi) is 55.3. The molecule has 2 atom stereocenters. The van der Waals surface area contributed by atoms with Gasteiger partial charge in [0, 0.05) is 12.8 Å². The van der Waals surface area contributed by atoms with E-state index in [1.165, 1.54) is 141 Å². The number of nitrogens with zero attached hydrogens (tertiary/aromatic N) is 1. The lowest BCUT2D eigenvalue weighted by Gasteiger charge is -2.28. The molecule has 0 saturated carbocycles. The number of rotatable bonds is 57. The molecular formula is C67H118NO8P. The Morgan fingerprint density at radius 3 is 1.10 bits per heavy atom. The molecule has 0 N–H and O–H groups in total. The van der Waals surface area contributed by atoms with Gasteiger partial charge in [-0.15, -0.1) is 0 Å². The molecule has 0 aromatic carbocycles. The maximum absolute atomic E-state index is 12.8. The zero-order valence-corrected chi connectivity index (χ0v) is 51.3. The van der Waals surface area contributed by atoms with Crippen LogP contribution in [0.1, 0.15) is 264 Å². The smallest absolute Gasteiger partial charge is 0.306 e. The fraction of sp³-hybridized carbons (Fsp3) is 0.731. The zero-order valence-electron chi connectivity index (χ0n) is 50.4. The predicted octanol–water partition coefficient (Wildman–Crippen LogP) is 19.4. The molecular weight excluding hydrogens is 978 g/mol. The number of carbonyl (C=O) groups excluding carboxylic acids is 2. The normalized spacial score (nSPS) is 13.9. The average molecular weight is 1100 g/mol. The van der Waals surface area contributed by atoms with Crippen LogP contribution in [0.3, 0.4) is 0 Å². The minimum Gasteiger partial charge on any atom is -0.756 e. The molecule has 0 aliphatic carbocycles. The fourth-order valence-corrected chi connectivity index (χ4v) is 9.28. The van der Waals surface area contributed by atoms with Crippen LogP contribution in [0.5, 0.6) is 0 Å². The number of allylic oxidation sites excluding steroid dienone is 16. The summed E-state index contributed by atoms with van der Waals surface area (Å²) in [5.74, 6) is -0.828. The van der Waals surface area contributed by atoms with Crippen molar-refractivity contribution >= 4 is 19.8 Å². The Labute approximate surface area is 474 Å². The molecule has 0 radical (unpaired) electrons. The summed E-state index contributed by atoms with van der Waals surface area (Å²) >= 11 is 0. The maximum atomic E-state index is 12.8. The van der Waals surface area contributed by atoms with Crippen molar-refractivity contribution in [2.45, 2.75) is 270 Å². The Bertz CT molecular complexity index is 1620. The van der Waals surface area contributed by atoms with Crippen LogP contribution in [0.2, 0.25) is 0 Å². The van der Waals surface area contributed by atoms with Crippen molar-refractivity contribution in [3.63, 3.8) is 0 Å². The van der Waals surface area contributed by atoms with Crippen LogP contribution in [0.15, 0.2) is 97.2 Å². The largest absolute Gasteiger partial charge is 0.756 e. The van der Waals surface area contributed by atoms with E-state index in [0.29, 0.717) is 17.4 Å². The molecule has 0 amide bonds. The molecule has 0 spiro atoms. The van der Waals surface area contributed by atoms with E-state index in [1.807, 2.05) is 21.1 Å². The summed E-state index contributed by atoms with van der Waals surface area (Å²) in [5.41, 5.74) is 0. The Morgan fingerprint density at radius 2 is 0.740 bits per heavy atom. The summed E-state index contributed by atoms with van der Waals surface area (Å²) in [6.45, 7) is 4.14. The molecule has 444 valence electrons. The SMILES string of the molecule is CC/C=C\C/C=C\C/C=C\C/C=C\C/C=C\C/C=C\C/C=C\C/C=C\CCCCCCCCCCCCCCCCC(=O)OC(COC(=O)CCCCCCCCCCCCCCCC)COP(=O)([O-])OCC[N+](C)(C)C. The predicted molar refractivity (Wildman–Crippen MR) is 328 cm³/mol. The minimum absolute atomic E-state index is 0.0320. The molecule has 0 bridgehead atoms. The van der Waals surface area contributed by atoms with E-state index in [2.05, 4.69) is 111 Å². The quantitative estimate of drug-likeness (QED) is 0.0195. The third-order valence-electron chi connectivity index (χ3n) is 13.4. The summed E-state index contributed by atoms with van der Waals surface area (Å²) in [6, 6.07) is 0. The Hall–Kier alpha value is -3.07. The van der Waals surface area contributed by atoms with Gasteiger partial charge in [-0.05, 0) is 77.0 Å². The van der Waals surface area contributed by atoms with E-state index in [4.69, 9.17) is 18.5 Å². The second kappa shape index (κ2) is 57.6. The van der Waals surface area contributed by atoms with Gasteiger partial charge >= 0.3 is 11.9 Å². The van der Waals surface area contributed by atoms with Gasteiger partial charge < -0.3 is 27.9 Å². The van der Waals surface area contributed by atoms with Gasteiger partial charge in [0.25, 0.3) is 7.82 Å². The summed E-state index contributed by atoms with van der Waals surface area (Å²) in [7, 11) is 1.17. The number of phosphoric ester groups is 1. The number of phosphoric acid groups is 1. The molecule has 9 nitrogen and oxygen atoms in total. The van der Waals surface area contributed by atoms with Gasteiger partial charge in [-0.2, -0.15) is 0 Å². The number of likely N-dealkylation sites (N-methyl/N-ethyl adjacent to an activating group) is 1. The topological polar surface area (TPSA) is 111 Å². The zero-order chi connectivity index (χ0) is 56.3. The number of ether oxygens (including phenoxy) is 2. The van der Waals surface area contributed by atoms with Gasteiger partial charge in [0.1, 0.15) is 19.8 Å². The number of quaternary nitrogens is 1. The molecule has 2 unspecified atom stereocenters. The monoisotopic (exact) mass is 1100 g/mol. The summed E-state index contributed by atoms with van der Waals surface area (Å²) < 4.78 is 34.2. The molecule has 77 heavy (non-hydrogen) atoms. The van der Waals surface area contributed by atoms with Crippen LogP contribution in [0.4, 0.5) is 0 Å². The average Bonchev–Trinajstić information content (AvgIpc) is 3.39. The van der Waals surface area contributed by atoms with E-state index in [9.17, 15) is 19.0 Å². The van der Waals surface area contributed by atoms with Crippen molar-refractivity contribution in [2.24, 2.45) is 0 Å². The van der Waals surface area contributed by atoms with E-state index in [1.54, 1.807) is 0 Å². The van der Waals surface area contributed by atoms with Gasteiger partial charge in [0.2, 0.25) is 0 Å². The summed E-state index contributed by atoms with van der Waals surface area (Å²) in [4.78, 5) is 37.8. The highest BCUT2D eigenvalue weighted by atomic mass is 31.2. The highest BCUT2D eigenvalue weighted by Crippen LogP contribution is 2.38. The molecule has 0 aliphatic heterocycles. The van der Waals surface area contributed by atoms with Crippen LogP contribution in [0.25, 0.3) is 0 Å². The van der Waals surface area contributed by atoms with Crippen molar-refractivity contribution in [1.29, 1.82) is 0 Å². The number of esters is 2. The molecule has 0 aromatic rings. The van der Waals surface area contributed by atoms with Crippen molar-refractivity contribution in [1.82, 2.24) is 0 Å². The lowest BCUT2D eigenvalue weighted by molar-refractivity contribution is -0.870. The standard InChI is InChI=1S/C67H118NO8P/c1-6-8-10-12-14-16-18-20-22-23-24-25-26-27-28-29-30-31-32-33-34-35-36-37-38-39-40-41-42-43-44-45-46-48-50-52-54-56-58-60-67(70)76-65(64-75-77(71,72)74-62-61-68(3,4)5)63-73-66(69)59-57-55-53-51-49-47-21-19-17-15-13-11-9-7-2/h8,10,14,16,20,22,24-25,27-28,30-31,33-34,36-37,65H,6-7,9,11-13,15,17-19,21,23,26,29,32,35,38-64H2,1-5H3/b10-8-,16-14-,22-20-,25-24-,28-27-,31-30-,34-33-,37-36-. The lowest BCUT2D eigenvalue weighted by atomic mass is 10.0. The molecule has 0 fully saturated rings. The number of unbranched alkanes of at least 4 members (excludes halogenated alkanes) is 27. The second-order valence-corrected chi connectivity index (χ2v) is 23.5. The maximum Gasteiger partial charge on any atom is 0.306 e. The molecule has 0 rings (SSSR count). The number of hydrogen-bond donors (Lipinski definition) is 0. The van der Waals surface area contributed by atoms with Crippen LogP contribution in [-0.2, 0) is 32.7 Å². The number of carbonyl (C=O) groups is 2. The van der Waals surface area contributed by atoms with Crippen LogP contribution in [-0.4, -0.2) is 70.0 Å². The first kappa shape index (κ1) is 73.9. The van der Waals surface area contributed by atoms with E-state index in [0.717, 1.165) is 89.9 Å². The molecule has 10 heteroatoms. The summed E-state index contributed by atoms with van der Waals surface area (Å²) in [6.07, 6.45) is 79.0. The Balaban J connectivity index is 4.01. The van der Waals surface area contributed by atoms with E-state index < -0.39 is 26.5 Å².